The number of rotatable bonds is 4. The Morgan fingerprint density at radius 3 is 2.45 bits per heavy atom. The van der Waals surface area contributed by atoms with Crippen molar-refractivity contribution in [3.8, 4) is 0 Å². The third-order valence-corrected chi connectivity index (χ3v) is 3.22. The summed E-state index contributed by atoms with van der Waals surface area (Å²) < 4.78 is 0. The van der Waals surface area contributed by atoms with E-state index < -0.39 is 5.60 Å². The average Bonchev–Trinajstić information content (AvgIpc) is 2.36. The monoisotopic (exact) mass is 271 g/mol. The van der Waals surface area contributed by atoms with Crippen LogP contribution in [-0.2, 0) is 11.2 Å². The minimum Gasteiger partial charge on any atom is -0.389 e. The molecule has 3 nitrogen and oxygen atoms in total. The average molecular weight is 271 g/mol. The Labute approximate surface area is 119 Å². The third-order valence-electron chi connectivity index (χ3n) is 3.22. The molecule has 0 saturated heterocycles. The first-order valence-electron chi connectivity index (χ1n) is 6.79. The molecule has 0 aliphatic rings. The lowest BCUT2D eigenvalue weighted by Crippen LogP contribution is -2.40. The van der Waals surface area contributed by atoms with Crippen LogP contribution in [0.5, 0.6) is 0 Å². The molecule has 20 heavy (non-hydrogen) atoms. The van der Waals surface area contributed by atoms with E-state index in [1.54, 1.807) is 25.8 Å². The minimum atomic E-state index is -0.867. The number of aliphatic hydroxyl groups is 1. The maximum Gasteiger partial charge on any atom is 0.226 e. The highest BCUT2D eigenvalue weighted by Crippen LogP contribution is 2.16. The van der Waals surface area contributed by atoms with Crippen molar-refractivity contribution >= 4 is 16.7 Å². The molecule has 0 aliphatic heterocycles. The van der Waals surface area contributed by atoms with E-state index in [-0.39, 0.29) is 5.91 Å². The molecule has 0 fully saturated rings. The van der Waals surface area contributed by atoms with Crippen molar-refractivity contribution in [2.45, 2.75) is 25.9 Å². The number of nitrogens with zero attached hydrogens (tertiary/aromatic N) is 1. The van der Waals surface area contributed by atoms with Crippen LogP contribution in [0.2, 0.25) is 0 Å². The fourth-order valence-corrected chi connectivity index (χ4v) is 2.33. The highest BCUT2D eigenvalue weighted by molar-refractivity contribution is 5.85. The Kier molecular flexibility index (Phi) is 4.09. The van der Waals surface area contributed by atoms with Gasteiger partial charge in [0.1, 0.15) is 0 Å². The Bertz CT molecular complexity index is 614. The van der Waals surface area contributed by atoms with Crippen LogP contribution in [0.3, 0.4) is 0 Å². The second-order valence-corrected chi connectivity index (χ2v) is 5.92. The van der Waals surface area contributed by atoms with Crippen molar-refractivity contribution in [3.63, 3.8) is 0 Å². The molecule has 0 atom stereocenters. The summed E-state index contributed by atoms with van der Waals surface area (Å²) >= 11 is 0. The molecule has 1 N–H and O–H groups in total. The molecule has 0 saturated carbocycles. The summed E-state index contributed by atoms with van der Waals surface area (Å²) in [6.45, 7) is 3.74. The van der Waals surface area contributed by atoms with E-state index in [9.17, 15) is 9.90 Å². The molecular weight excluding hydrogens is 250 g/mol. The molecule has 1 amide bonds. The maximum atomic E-state index is 12.1. The molecule has 0 aromatic heterocycles. The number of hydrogen-bond acceptors (Lipinski definition) is 2. The van der Waals surface area contributed by atoms with E-state index in [4.69, 9.17) is 0 Å². The molecule has 3 heteroatoms. The largest absolute Gasteiger partial charge is 0.389 e. The molecule has 2 rings (SSSR count). The van der Waals surface area contributed by atoms with Gasteiger partial charge in [0.05, 0.1) is 12.0 Å². The second-order valence-electron chi connectivity index (χ2n) is 5.92. The number of hydrogen-bond donors (Lipinski definition) is 1. The summed E-state index contributed by atoms with van der Waals surface area (Å²) in [5.41, 5.74) is 0.129. The lowest BCUT2D eigenvalue weighted by molar-refractivity contribution is -0.131. The first-order chi connectivity index (χ1) is 9.35. The molecule has 2 aromatic rings. The fraction of sp³-hybridized carbons (Fsp3) is 0.353. The van der Waals surface area contributed by atoms with Crippen molar-refractivity contribution < 1.29 is 9.90 Å². The van der Waals surface area contributed by atoms with Gasteiger partial charge in [0.25, 0.3) is 0 Å². The minimum absolute atomic E-state index is 0.0161. The van der Waals surface area contributed by atoms with Gasteiger partial charge in [-0.25, -0.2) is 0 Å². The van der Waals surface area contributed by atoms with Crippen LogP contribution in [-0.4, -0.2) is 35.1 Å². The lowest BCUT2D eigenvalue weighted by Gasteiger charge is -2.25. The van der Waals surface area contributed by atoms with Crippen LogP contribution in [0.25, 0.3) is 10.8 Å². The number of carbonyl (C=O) groups excluding carboxylic acids is 1. The topological polar surface area (TPSA) is 40.5 Å². The van der Waals surface area contributed by atoms with E-state index >= 15 is 0 Å². The van der Waals surface area contributed by atoms with E-state index in [0.717, 1.165) is 10.9 Å². The summed E-state index contributed by atoms with van der Waals surface area (Å²) in [7, 11) is 1.72. The van der Waals surface area contributed by atoms with Gasteiger partial charge >= 0.3 is 0 Å². The Hall–Kier alpha value is -1.87. The molecule has 0 aliphatic carbocycles. The van der Waals surface area contributed by atoms with Crippen LogP contribution in [0.4, 0.5) is 0 Å². The maximum absolute atomic E-state index is 12.1. The van der Waals surface area contributed by atoms with Crippen LogP contribution in [0.15, 0.2) is 42.5 Å². The molecule has 106 valence electrons. The predicted octanol–water partition coefficient (Wildman–Crippen LogP) is 2.61. The number of likely N-dealkylation sites (N-methyl/N-ethyl adjacent to an activating group) is 1. The second kappa shape index (κ2) is 5.63. The smallest absolute Gasteiger partial charge is 0.226 e. The molecular formula is C17H21NO2. The summed E-state index contributed by atoms with van der Waals surface area (Å²) in [4.78, 5) is 13.7. The first-order valence-corrected chi connectivity index (χ1v) is 6.79. The SMILES string of the molecule is CN(CC(C)(C)O)C(=O)Cc1ccc2ccccc2c1. The van der Waals surface area contributed by atoms with E-state index in [0.29, 0.717) is 13.0 Å². The zero-order valence-corrected chi connectivity index (χ0v) is 12.3. The molecule has 0 heterocycles. The van der Waals surface area contributed by atoms with Crippen molar-refractivity contribution in [1.82, 2.24) is 4.90 Å². The lowest BCUT2D eigenvalue weighted by atomic mass is 10.0. The number of benzene rings is 2. The van der Waals surface area contributed by atoms with E-state index in [2.05, 4.69) is 6.07 Å². The number of fused-ring (bicyclic) bond motifs is 1. The Morgan fingerprint density at radius 1 is 1.15 bits per heavy atom. The van der Waals surface area contributed by atoms with Crippen molar-refractivity contribution in [2.24, 2.45) is 0 Å². The van der Waals surface area contributed by atoms with Crippen LogP contribution in [0, 0.1) is 0 Å². The van der Waals surface area contributed by atoms with Gasteiger partial charge in [-0.3, -0.25) is 4.79 Å². The van der Waals surface area contributed by atoms with Gasteiger partial charge in [0, 0.05) is 13.6 Å². The van der Waals surface area contributed by atoms with Gasteiger partial charge in [-0.2, -0.15) is 0 Å². The van der Waals surface area contributed by atoms with Gasteiger partial charge in [-0.1, -0.05) is 42.5 Å². The molecule has 0 unspecified atom stereocenters. The van der Waals surface area contributed by atoms with Gasteiger partial charge in [-0.05, 0) is 30.2 Å². The third kappa shape index (κ3) is 3.81. The van der Waals surface area contributed by atoms with Crippen LogP contribution < -0.4 is 0 Å². The van der Waals surface area contributed by atoms with Crippen LogP contribution in [0.1, 0.15) is 19.4 Å². The fourth-order valence-electron chi connectivity index (χ4n) is 2.33. The van der Waals surface area contributed by atoms with Crippen molar-refractivity contribution in [1.29, 1.82) is 0 Å². The highest BCUT2D eigenvalue weighted by Gasteiger charge is 2.19. The summed E-state index contributed by atoms with van der Waals surface area (Å²) in [6, 6.07) is 14.2. The summed E-state index contributed by atoms with van der Waals surface area (Å²) in [5, 5.41) is 12.1. The predicted molar refractivity (Wildman–Crippen MR) is 81.6 cm³/mol. The number of carbonyl (C=O) groups is 1. The van der Waals surface area contributed by atoms with Gasteiger partial charge in [0.15, 0.2) is 0 Å². The zero-order valence-electron chi connectivity index (χ0n) is 12.3. The summed E-state index contributed by atoms with van der Waals surface area (Å²) in [6.07, 6.45) is 0.359. The summed E-state index contributed by atoms with van der Waals surface area (Å²) in [5.74, 6) is 0.0161. The van der Waals surface area contributed by atoms with Crippen molar-refractivity contribution in [3.05, 3.63) is 48.0 Å². The van der Waals surface area contributed by atoms with Gasteiger partial charge in [0.2, 0.25) is 5.91 Å². The Morgan fingerprint density at radius 2 is 1.80 bits per heavy atom. The quantitative estimate of drug-likeness (QED) is 0.928. The normalized spacial score (nSPS) is 11.6. The molecule has 0 spiro atoms. The molecule has 0 radical (unpaired) electrons. The van der Waals surface area contributed by atoms with Gasteiger partial charge < -0.3 is 10.0 Å². The van der Waals surface area contributed by atoms with E-state index in [1.165, 1.54) is 5.39 Å². The van der Waals surface area contributed by atoms with Crippen LogP contribution >= 0.6 is 0 Å². The van der Waals surface area contributed by atoms with Gasteiger partial charge in [-0.15, -0.1) is 0 Å². The van der Waals surface area contributed by atoms with E-state index in [1.807, 2.05) is 36.4 Å². The zero-order chi connectivity index (χ0) is 14.8. The Balaban J connectivity index is 2.09. The molecule has 2 aromatic carbocycles. The van der Waals surface area contributed by atoms with Crippen molar-refractivity contribution in [2.75, 3.05) is 13.6 Å². The number of amides is 1. The highest BCUT2D eigenvalue weighted by atomic mass is 16.3. The molecule has 0 bridgehead atoms. The standard InChI is InChI=1S/C17H21NO2/c1-17(2,20)12-18(3)16(19)11-13-8-9-14-6-4-5-7-15(14)10-13/h4-10,20H,11-12H2,1-3H3. The first kappa shape index (κ1) is 14.5.